The summed E-state index contributed by atoms with van der Waals surface area (Å²) in [5.74, 6) is 1.09. The van der Waals surface area contributed by atoms with Gasteiger partial charge < -0.3 is 14.2 Å². The molecule has 2 aromatic rings. The van der Waals surface area contributed by atoms with Crippen LogP contribution in [0.15, 0.2) is 21.9 Å². The van der Waals surface area contributed by atoms with E-state index in [1.165, 1.54) is 0 Å². The van der Waals surface area contributed by atoms with Crippen molar-refractivity contribution in [3.05, 3.63) is 34.0 Å². The lowest BCUT2D eigenvalue weighted by Gasteiger charge is -2.33. The molecule has 3 rings (SSSR count). The Bertz CT molecular complexity index is 676. The van der Waals surface area contributed by atoms with Gasteiger partial charge in [-0.1, -0.05) is 13.0 Å². The van der Waals surface area contributed by atoms with Crippen molar-refractivity contribution in [1.82, 2.24) is 9.88 Å². The van der Waals surface area contributed by atoms with E-state index in [9.17, 15) is 5.26 Å². The van der Waals surface area contributed by atoms with E-state index in [0.29, 0.717) is 17.5 Å². The second-order valence-electron chi connectivity index (χ2n) is 5.09. The monoisotopic (exact) mass is 314 g/mol. The number of piperazine rings is 1. The largest absolute Gasteiger partial charge is 0.420 e. The summed E-state index contributed by atoms with van der Waals surface area (Å²) in [5.41, 5.74) is 0.371. The van der Waals surface area contributed by atoms with Gasteiger partial charge in [-0.3, -0.25) is 0 Å². The fraction of sp³-hybridized carbons (Fsp3) is 0.375. The molecule has 1 aliphatic rings. The molecule has 0 aromatic carbocycles. The molecule has 0 atom stereocenters. The fourth-order valence-corrected chi connectivity index (χ4v) is 3.11. The summed E-state index contributed by atoms with van der Waals surface area (Å²) in [5, 5.41) is 11.3. The molecule has 0 radical (unpaired) electrons. The zero-order chi connectivity index (χ0) is 15.4. The average molecular weight is 314 g/mol. The van der Waals surface area contributed by atoms with Crippen LogP contribution in [0.2, 0.25) is 0 Å². The predicted molar refractivity (Wildman–Crippen MR) is 88.8 cm³/mol. The van der Waals surface area contributed by atoms with Crippen LogP contribution in [0.5, 0.6) is 0 Å². The van der Waals surface area contributed by atoms with Gasteiger partial charge in [0.05, 0.1) is 0 Å². The summed E-state index contributed by atoms with van der Waals surface area (Å²) in [4.78, 5) is 9.91. The van der Waals surface area contributed by atoms with Crippen LogP contribution in [0.3, 0.4) is 0 Å². The first kappa shape index (κ1) is 14.8. The summed E-state index contributed by atoms with van der Waals surface area (Å²) < 4.78 is 5.80. The van der Waals surface area contributed by atoms with Gasteiger partial charge in [0, 0.05) is 37.1 Å². The molecule has 0 spiro atoms. The molecule has 0 bridgehead atoms. The molecule has 0 aliphatic carbocycles. The molecule has 22 heavy (non-hydrogen) atoms. The topological polar surface area (TPSA) is 56.3 Å². The minimum Gasteiger partial charge on any atom is -0.420 e. The molecular formula is C16H18N4OS. The van der Waals surface area contributed by atoms with Gasteiger partial charge in [0.25, 0.3) is 0 Å². The van der Waals surface area contributed by atoms with Crippen LogP contribution in [0.1, 0.15) is 23.4 Å². The molecule has 0 unspecified atom stereocenters. The number of aromatic nitrogens is 1. The van der Waals surface area contributed by atoms with E-state index >= 15 is 0 Å². The Morgan fingerprint density at radius 1 is 1.36 bits per heavy atom. The third kappa shape index (κ3) is 3.21. The summed E-state index contributed by atoms with van der Waals surface area (Å²) in [6.07, 6.45) is 3.77. The number of oxazole rings is 1. The van der Waals surface area contributed by atoms with Crippen LogP contribution in [0.25, 0.3) is 12.2 Å². The van der Waals surface area contributed by atoms with E-state index < -0.39 is 0 Å². The van der Waals surface area contributed by atoms with Crippen molar-refractivity contribution in [3.8, 4) is 6.07 Å². The molecule has 114 valence electrons. The highest BCUT2D eigenvalue weighted by molar-refractivity contribution is 7.10. The molecular weight excluding hydrogens is 296 g/mol. The standard InChI is InChI=1S/C16H18N4OS/c1-2-19-7-9-20(10-8-19)16-14(12-17)18-15(21-16)6-5-13-4-3-11-22-13/h3-6,11H,2,7-10H2,1H3/b6-5+. The second kappa shape index (κ2) is 6.77. The van der Waals surface area contributed by atoms with E-state index in [-0.39, 0.29) is 0 Å². The quantitative estimate of drug-likeness (QED) is 0.868. The summed E-state index contributed by atoms with van der Waals surface area (Å²) in [6, 6.07) is 6.17. The smallest absolute Gasteiger partial charge is 0.235 e. The number of hydrogen-bond donors (Lipinski definition) is 0. The lowest BCUT2D eigenvalue weighted by atomic mass is 10.3. The molecule has 0 saturated carbocycles. The van der Waals surface area contributed by atoms with Crippen molar-refractivity contribution < 1.29 is 4.42 Å². The van der Waals surface area contributed by atoms with Gasteiger partial charge in [0.2, 0.25) is 17.5 Å². The maximum atomic E-state index is 9.28. The number of rotatable bonds is 4. The SMILES string of the molecule is CCN1CCN(c2oc(/C=C/c3cccs3)nc2C#N)CC1. The third-order valence-corrected chi connectivity index (χ3v) is 4.61. The molecule has 2 aromatic heterocycles. The van der Waals surface area contributed by atoms with Crippen molar-refractivity contribution in [2.24, 2.45) is 0 Å². The molecule has 6 heteroatoms. The summed E-state index contributed by atoms with van der Waals surface area (Å²) in [6.45, 7) is 6.94. The number of nitriles is 1. The zero-order valence-electron chi connectivity index (χ0n) is 12.5. The number of likely N-dealkylation sites (N-methyl/N-ethyl adjacent to an activating group) is 1. The number of hydrogen-bond acceptors (Lipinski definition) is 6. The van der Waals surface area contributed by atoms with Gasteiger partial charge in [0.1, 0.15) is 6.07 Å². The van der Waals surface area contributed by atoms with E-state index in [1.54, 1.807) is 11.3 Å². The Morgan fingerprint density at radius 3 is 2.82 bits per heavy atom. The van der Waals surface area contributed by atoms with Crippen molar-refractivity contribution in [2.75, 3.05) is 37.6 Å². The van der Waals surface area contributed by atoms with E-state index in [4.69, 9.17) is 4.42 Å². The minimum absolute atomic E-state index is 0.371. The Kier molecular flexibility index (Phi) is 4.56. The average Bonchev–Trinajstić information content (AvgIpc) is 3.22. The first-order valence-electron chi connectivity index (χ1n) is 7.40. The lowest BCUT2D eigenvalue weighted by molar-refractivity contribution is 0.266. The highest BCUT2D eigenvalue weighted by Gasteiger charge is 2.22. The number of anilines is 1. The van der Waals surface area contributed by atoms with E-state index in [2.05, 4.69) is 27.8 Å². The predicted octanol–water partition coefficient (Wildman–Crippen LogP) is 2.92. The van der Waals surface area contributed by atoms with Crippen molar-refractivity contribution in [3.63, 3.8) is 0 Å². The Balaban J connectivity index is 1.76. The summed E-state index contributed by atoms with van der Waals surface area (Å²) in [7, 11) is 0. The maximum Gasteiger partial charge on any atom is 0.235 e. The maximum absolute atomic E-state index is 9.28. The fourth-order valence-electron chi connectivity index (χ4n) is 2.49. The summed E-state index contributed by atoms with van der Waals surface area (Å²) >= 11 is 1.65. The molecule has 3 heterocycles. The zero-order valence-corrected chi connectivity index (χ0v) is 13.3. The number of thiophene rings is 1. The first-order valence-corrected chi connectivity index (χ1v) is 8.28. The molecule has 0 N–H and O–H groups in total. The number of nitrogens with zero attached hydrogens (tertiary/aromatic N) is 4. The third-order valence-electron chi connectivity index (χ3n) is 3.77. The van der Waals surface area contributed by atoms with Crippen molar-refractivity contribution in [2.45, 2.75) is 6.92 Å². The van der Waals surface area contributed by atoms with Gasteiger partial charge in [-0.15, -0.1) is 11.3 Å². The minimum atomic E-state index is 0.371. The van der Waals surface area contributed by atoms with E-state index in [1.807, 2.05) is 29.7 Å². The van der Waals surface area contributed by atoms with Gasteiger partial charge in [0.15, 0.2) is 0 Å². The normalized spacial score (nSPS) is 16.3. The van der Waals surface area contributed by atoms with E-state index in [0.717, 1.165) is 37.6 Å². The van der Waals surface area contributed by atoms with Gasteiger partial charge in [-0.05, 0) is 24.1 Å². The van der Waals surface area contributed by atoms with Gasteiger partial charge >= 0.3 is 0 Å². The first-order chi connectivity index (χ1) is 10.8. The van der Waals surface area contributed by atoms with Crippen LogP contribution >= 0.6 is 11.3 Å². The lowest BCUT2D eigenvalue weighted by Crippen LogP contribution is -2.46. The molecule has 1 saturated heterocycles. The second-order valence-corrected chi connectivity index (χ2v) is 6.07. The Labute approximate surface area is 134 Å². The van der Waals surface area contributed by atoms with Crippen molar-refractivity contribution >= 4 is 29.4 Å². The van der Waals surface area contributed by atoms with Gasteiger partial charge in [-0.2, -0.15) is 10.2 Å². The molecule has 1 fully saturated rings. The van der Waals surface area contributed by atoms with Crippen LogP contribution in [0.4, 0.5) is 5.88 Å². The van der Waals surface area contributed by atoms with Crippen molar-refractivity contribution in [1.29, 1.82) is 5.26 Å². The molecule has 1 aliphatic heterocycles. The highest BCUT2D eigenvalue weighted by atomic mass is 32.1. The Hall–Kier alpha value is -2.10. The van der Waals surface area contributed by atoms with Crippen LogP contribution in [0, 0.1) is 11.3 Å². The van der Waals surface area contributed by atoms with Crippen LogP contribution in [-0.4, -0.2) is 42.6 Å². The van der Waals surface area contributed by atoms with Crippen LogP contribution < -0.4 is 4.90 Å². The molecule has 0 amide bonds. The Morgan fingerprint density at radius 2 is 2.18 bits per heavy atom. The highest BCUT2D eigenvalue weighted by Crippen LogP contribution is 2.24. The van der Waals surface area contributed by atoms with Gasteiger partial charge in [-0.25, -0.2) is 0 Å². The van der Waals surface area contributed by atoms with Crippen LogP contribution in [-0.2, 0) is 0 Å². The molecule has 5 nitrogen and oxygen atoms in total.